The lowest BCUT2D eigenvalue weighted by Gasteiger charge is -2.34. The third-order valence-corrected chi connectivity index (χ3v) is 3.10. The Balaban J connectivity index is 2.18. The molecule has 0 aromatic heterocycles. The Morgan fingerprint density at radius 2 is 1.75 bits per heavy atom. The number of amides is 1. The summed E-state index contributed by atoms with van der Waals surface area (Å²) in [7, 11) is 0. The third kappa shape index (κ3) is 1.83. The minimum atomic E-state index is -0.388. The van der Waals surface area contributed by atoms with Gasteiger partial charge in [-0.15, -0.1) is 0 Å². The summed E-state index contributed by atoms with van der Waals surface area (Å²) in [5.41, 5.74) is 8.24. The number of hydrogen-bond donors (Lipinski definition) is 2. The zero-order chi connectivity index (χ0) is 11.9. The molecule has 86 valence electrons. The average Bonchev–Trinajstić information content (AvgIpc) is 2.24. The lowest BCUT2D eigenvalue weighted by atomic mass is 9.85. The molecule has 3 nitrogen and oxygen atoms in total. The highest BCUT2D eigenvalue weighted by molar-refractivity contribution is 5.89. The zero-order valence-electron chi connectivity index (χ0n) is 9.95. The number of rotatable bonds is 1. The lowest BCUT2D eigenvalue weighted by molar-refractivity contribution is -0.130. The van der Waals surface area contributed by atoms with Crippen LogP contribution in [0.2, 0.25) is 0 Å². The van der Waals surface area contributed by atoms with Crippen molar-refractivity contribution in [2.75, 3.05) is 0 Å². The summed E-state index contributed by atoms with van der Waals surface area (Å²) in [6.07, 6.45) is 0. The summed E-state index contributed by atoms with van der Waals surface area (Å²) in [6.45, 7) is 6.54. The molecule has 1 amide bonds. The predicted octanol–water partition coefficient (Wildman–Crippen LogP) is 1.48. The van der Waals surface area contributed by atoms with Crippen LogP contribution in [0.3, 0.4) is 0 Å². The van der Waals surface area contributed by atoms with Gasteiger partial charge in [-0.25, -0.2) is 0 Å². The van der Waals surface area contributed by atoms with E-state index in [1.807, 2.05) is 12.1 Å². The first-order valence-corrected chi connectivity index (χ1v) is 5.56. The summed E-state index contributed by atoms with van der Waals surface area (Å²) in [5, 5.41) is 2.80. The average molecular weight is 218 g/mol. The lowest BCUT2D eigenvalue weighted by Crippen LogP contribution is -2.60. The van der Waals surface area contributed by atoms with E-state index < -0.39 is 0 Å². The van der Waals surface area contributed by atoms with Gasteiger partial charge < -0.3 is 11.1 Å². The Hall–Kier alpha value is -1.35. The van der Waals surface area contributed by atoms with E-state index in [1.165, 1.54) is 5.56 Å². The van der Waals surface area contributed by atoms with Gasteiger partial charge in [0.2, 0.25) is 5.91 Å². The number of nitrogens with two attached hydrogens (primary N) is 1. The molecule has 1 aromatic carbocycles. The van der Waals surface area contributed by atoms with Gasteiger partial charge in [-0.1, -0.05) is 45.0 Å². The van der Waals surface area contributed by atoms with Gasteiger partial charge in [-0.3, -0.25) is 4.79 Å². The van der Waals surface area contributed by atoms with Crippen LogP contribution in [0.1, 0.15) is 37.9 Å². The van der Waals surface area contributed by atoms with Gasteiger partial charge in [0, 0.05) is 0 Å². The van der Waals surface area contributed by atoms with E-state index in [2.05, 4.69) is 38.2 Å². The summed E-state index contributed by atoms with van der Waals surface area (Å²) in [6, 6.07) is 7.90. The fourth-order valence-electron chi connectivity index (χ4n) is 1.88. The topological polar surface area (TPSA) is 55.1 Å². The Bertz CT molecular complexity index is 403. The van der Waals surface area contributed by atoms with Gasteiger partial charge in [-0.2, -0.15) is 0 Å². The summed E-state index contributed by atoms with van der Waals surface area (Å²) in [5.74, 6) is -0.0649. The first-order chi connectivity index (χ1) is 7.39. The molecule has 0 saturated carbocycles. The maximum atomic E-state index is 11.0. The Morgan fingerprint density at radius 1 is 1.19 bits per heavy atom. The molecular formula is C13H18N2O. The molecule has 2 rings (SSSR count). The standard InChI is InChI=1S/C13H18N2O/c1-13(2,3)9-6-4-8(5-7-9)11-10(14)12(16)15-11/h4-7,10-11H,14H2,1-3H3,(H,15,16). The van der Waals surface area contributed by atoms with Crippen LogP contribution in [-0.4, -0.2) is 11.9 Å². The highest BCUT2D eigenvalue weighted by atomic mass is 16.2. The minimum Gasteiger partial charge on any atom is -0.346 e. The van der Waals surface area contributed by atoms with Crippen molar-refractivity contribution < 1.29 is 4.79 Å². The van der Waals surface area contributed by atoms with Gasteiger partial charge in [0.1, 0.15) is 6.04 Å². The van der Waals surface area contributed by atoms with Crippen molar-refractivity contribution >= 4 is 5.91 Å². The van der Waals surface area contributed by atoms with Gasteiger partial charge in [0.25, 0.3) is 0 Å². The van der Waals surface area contributed by atoms with Gasteiger partial charge in [0.15, 0.2) is 0 Å². The fraction of sp³-hybridized carbons (Fsp3) is 0.462. The molecule has 3 N–H and O–H groups in total. The number of benzene rings is 1. The van der Waals surface area contributed by atoms with Crippen molar-refractivity contribution in [2.45, 2.75) is 38.3 Å². The van der Waals surface area contributed by atoms with Crippen LogP contribution in [0.25, 0.3) is 0 Å². The highest BCUT2D eigenvalue weighted by Gasteiger charge is 2.36. The van der Waals surface area contributed by atoms with Crippen molar-refractivity contribution in [2.24, 2.45) is 5.73 Å². The van der Waals surface area contributed by atoms with Crippen molar-refractivity contribution in [1.82, 2.24) is 5.32 Å². The molecule has 0 aliphatic carbocycles. The Morgan fingerprint density at radius 3 is 2.12 bits per heavy atom. The number of carbonyl (C=O) groups is 1. The van der Waals surface area contributed by atoms with Crippen LogP contribution in [0.4, 0.5) is 0 Å². The molecule has 1 aliphatic heterocycles. The van der Waals surface area contributed by atoms with Crippen molar-refractivity contribution in [3.63, 3.8) is 0 Å². The number of nitrogens with one attached hydrogen (secondary N) is 1. The van der Waals surface area contributed by atoms with Crippen LogP contribution in [-0.2, 0) is 10.2 Å². The largest absolute Gasteiger partial charge is 0.346 e. The van der Waals surface area contributed by atoms with Gasteiger partial charge in [-0.05, 0) is 16.5 Å². The second kappa shape index (κ2) is 3.59. The highest BCUT2D eigenvalue weighted by Crippen LogP contribution is 2.27. The normalized spacial score (nSPS) is 24.9. The van der Waals surface area contributed by atoms with Gasteiger partial charge in [0.05, 0.1) is 6.04 Å². The first kappa shape index (κ1) is 11.1. The monoisotopic (exact) mass is 218 g/mol. The fourth-order valence-corrected chi connectivity index (χ4v) is 1.88. The molecule has 2 atom stereocenters. The number of β-lactam (4-membered cyclic amide) rings is 1. The second-order valence-electron chi connectivity index (χ2n) is 5.38. The zero-order valence-corrected chi connectivity index (χ0v) is 9.95. The first-order valence-electron chi connectivity index (χ1n) is 5.56. The molecule has 0 bridgehead atoms. The van der Waals surface area contributed by atoms with Crippen LogP contribution >= 0.6 is 0 Å². The molecule has 2 unspecified atom stereocenters. The predicted molar refractivity (Wildman–Crippen MR) is 64.0 cm³/mol. The second-order valence-corrected chi connectivity index (χ2v) is 5.38. The minimum absolute atomic E-state index is 0.0125. The van der Waals surface area contributed by atoms with E-state index in [-0.39, 0.29) is 23.4 Å². The van der Waals surface area contributed by atoms with Crippen LogP contribution in [0, 0.1) is 0 Å². The van der Waals surface area contributed by atoms with Crippen LogP contribution in [0.5, 0.6) is 0 Å². The number of carbonyl (C=O) groups excluding carboxylic acids is 1. The molecule has 16 heavy (non-hydrogen) atoms. The molecule has 0 radical (unpaired) electrons. The van der Waals surface area contributed by atoms with Crippen LogP contribution in [0.15, 0.2) is 24.3 Å². The summed E-state index contributed by atoms with van der Waals surface area (Å²) in [4.78, 5) is 11.0. The molecule has 1 heterocycles. The smallest absolute Gasteiger partial charge is 0.239 e. The molecule has 1 aromatic rings. The van der Waals surface area contributed by atoms with Gasteiger partial charge >= 0.3 is 0 Å². The summed E-state index contributed by atoms with van der Waals surface area (Å²) >= 11 is 0. The SMILES string of the molecule is CC(C)(C)c1ccc(C2NC(=O)C2N)cc1. The van der Waals surface area contributed by atoms with E-state index in [0.29, 0.717) is 0 Å². The molecule has 1 aliphatic rings. The molecule has 3 heteroatoms. The molecule has 0 spiro atoms. The molecule has 1 saturated heterocycles. The van der Waals surface area contributed by atoms with E-state index in [4.69, 9.17) is 5.73 Å². The van der Waals surface area contributed by atoms with Crippen molar-refractivity contribution in [3.05, 3.63) is 35.4 Å². The van der Waals surface area contributed by atoms with Crippen molar-refractivity contribution in [3.8, 4) is 0 Å². The maximum absolute atomic E-state index is 11.0. The Labute approximate surface area is 96.0 Å². The Kier molecular flexibility index (Phi) is 2.50. The van der Waals surface area contributed by atoms with E-state index in [1.54, 1.807) is 0 Å². The maximum Gasteiger partial charge on any atom is 0.239 e. The van der Waals surface area contributed by atoms with Crippen LogP contribution < -0.4 is 11.1 Å². The third-order valence-electron chi connectivity index (χ3n) is 3.10. The number of hydrogen-bond acceptors (Lipinski definition) is 2. The van der Waals surface area contributed by atoms with E-state index >= 15 is 0 Å². The van der Waals surface area contributed by atoms with E-state index in [9.17, 15) is 4.79 Å². The molecular weight excluding hydrogens is 200 g/mol. The molecule has 1 fully saturated rings. The van der Waals surface area contributed by atoms with E-state index in [0.717, 1.165) is 5.56 Å². The quantitative estimate of drug-likeness (QED) is 0.701. The van der Waals surface area contributed by atoms with Crippen molar-refractivity contribution in [1.29, 1.82) is 0 Å². The summed E-state index contributed by atoms with van der Waals surface area (Å²) < 4.78 is 0.